The monoisotopic (exact) mass is 449 g/mol. The van der Waals surface area contributed by atoms with Gasteiger partial charge >= 0.3 is 0 Å². The van der Waals surface area contributed by atoms with Crippen molar-refractivity contribution in [1.29, 1.82) is 0 Å². The Morgan fingerprint density at radius 1 is 0.767 bits per heavy atom. The van der Waals surface area contributed by atoms with Crippen LogP contribution in [0.5, 0.6) is 0 Å². The van der Waals surface area contributed by atoms with Gasteiger partial charge in [-0.15, -0.1) is 0 Å². The normalized spacial score (nSPS) is 22.2. The van der Waals surface area contributed by atoms with E-state index in [1.54, 1.807) is 6.07 Å². The maximum Gasteiger partial charge on any atom is 0.0656 e. The highest BCUT2D eigenvalue weighted by Gasteiger charge is 2.41. The van der Waals surface area contributed by atoms with Crippen LogP contribution in [0.15, 0.2) is 72.8 Å². The second-order valence-corrected chi connectivity index (χ2v) is 9.34. The largest absolute Gasteiger partial charge is 0.376 e. The second kappa shape index (κ2) is 6.92. The Labute approximate surface area is 190 Å². The molecule has 3 atom stereocenters. The highest BCUT2D eigenvalue weighted by atomic mass is 35.5. The first-order valence-corrected chi connectivity index (χ1v) is 11.3. The van der Waals surface area contributed by atoms with Gasteiger partial charge in [0, 0.05) is 11.5 Å². The molecule has 0 fully saturated rings. The molecule has 4 aromatic carbocycles. The lowest BCUT2D eigenvalue weighted by Crippen LogP contribution is -2.30. The average molecular weight is 451 g/mol. The number of anilines is 1. The van der Waals surface area contributed by atoms with Crippen molar-refractivity contribution < 1.29 is 0 Å². The number of benzene rings is 4. The third kappa shape index (κ3) is 2.62. The Morgan fingerprint density at radius 3 is 2.13 bits per heavy atom. The SMILES string of the molecule is Clc1cc(Cl)c2c(c1Cl)[C@@H]1C=CC[C@@H]1[C@@H](c1c3ccccc3cc3ccccc13)N2. The van der Waals surface area contributed by atoms with E-state index in [9.17, 15) is 0 Å². The van der Waals surface area contributed by atoms with Gasteiger partial charge in [-0.1, -0.05) is 95.5 Å². The van der Waals surface area contributed by atoms with Crippen LogP contribution in [0.1, 0.15) is 29.5 Å². The second-order valence-electron chi connectivity index (χ2n) is 8.15. The lowest BCUT2D eigenvalue weighted by Gasteiger charge is -2.39. The fourth-order valence-electron chi connectivity index (χ4n) is 5.33. The molecule has 0 bridgehead atoms. The molecular weight excluding hydrogens is 433 g/mol. The predicted molar refractivity (Wildman–Crippen MR) is 129 cm³/mol. The van der Waals surface area contributed by atoms with Crippen molar-refractivity contribution in [3.05, 3.63) is 99.0 Å². The zero-order valence-corrected chi connectivity index (χ0v) is 18.3. The summed E-state index contributed by atoms with van der Waals surface area (Å²) in [4.78, 5) is 0. The van der Waals surface area contributed by atoms with E-state index >= 15 is 0 Å². The molecule has 1 aliphatic carbocycles. The van der Waals surface area contributed by atoms with Gasteiger partial charge in [-0.2, -0.15) is 0 Å². The van der Waals surface area contributed by atoms with E-state index in [1.165, 1.54) is 27.1 Å². The summed E-state index contributed by atoms with van der Waals surface area (Å²) in [6.45, 7) is 0. The fourth-order valence-corrected chi connectivity index (χ4v) is 6.14. The van der Waals surface area contributed by atoms with Gasteiger partial charge in [-0.3, -0.25) is 0 Å². The minimum atomic E-state index is 0.114. The van der Waals surface area contributed by atoms with Crippen LogP contribution in [-0.4, -0.2) is 0 Å². The first-order valence-electron chi connectivity index (χ1n) is 10.1. The topological polar surface area (TPSA) is 12.0 Å². The first-order chi connectivity index (χ1) is 14.6. The van der Waals surface area contributed by atoms with Crippen LogP contribution < -0.4 is 5.32 Å². The van der Waals surface area contributed by atoms with Gasteiger partial charge in [0.05, 0.1) is 26.8 Å². The molecule has 0 radical (unpaired) electrons. The van der Waals surface area contributed by atoms with Gasteiger partial charge in [-0.25, -0.2) is 0 Å². The number of fused-ring (bicyclic) bond motifs is 5. The Balaban J connectivity index is 1.66. The third-order valence-electron chi connectivity index (χ3n) is 6.61. The van der Waals surface area contributed by atoms with Crippen molar-refractivity contribution in [3.8, 4) is 0 Å². The standard InChI is InChI=1S/C26H18Cl3N/c27-20-13-21(28)26-23(24(20)29)18-10-5-11-19(18)25(30-26)22-16-8-3-1-6-14(16)12-15-7-2-4-9-17(15)22/h1-10,12-13,18-19,25,30H,11H2/t18-,19+,25+/m1/s1. The summed E-state index contributed by atoms with van der Waals surface area (Å²) in [5.74, 6) is 0.534. The Morgan fingerprint density at radius 2 is 1.43 bits per heavy atom. The summed E-state index contributed by atoms with van der Waals surface area (Å²) in [6.07, 6.45) is 5.51. The zero-order valence-electron chi connectivity index (χ0n) is 16.0. The highest BCUT2D eigenvalue weighted by molar-refractivity contribution is 6.44. The molecule has 1 N–H and O–H groups in total. The maximum absolute atomic E-state index is 6.67. The van der Waals surface area contributed by atoms with E-state index in [0.717, 1.165) is 17.7 Å². The van der Waals surface area contributed by atoms with Gasteiger partial charge in [0.25, 0.3) is 0 Å². The summed E-state index contributed by atoms with van der Waals surface area (Å²) in [7, 11) is 0. The van der Waals surface area contributed by atoms with E-state index in [1.807, 2.05) is 0 Å². The van der Waals surface area contributed by atoms with Gasteiger partial charge in [0.1, 0.15) is 0 Å². The number of nitrogens with one attached hydrogen (secondary N) is 1. The minimum absolute atomic E-state index is 0.114. The van der Waals surface area contributed by atoms with E-state index in [-0.39, 0.29) is 12.0 Å². The molecule has 0 amide bonds. The Bertz CT molecular complexity index is 1300. The van der Waals surface area contributed by atoms with Gasteiger partial charge in [0.15, 0.2) is 0 Å². The number of halogens is 3. The van der Waals surface area contributed by atoms with Crippen molar-refractivity contribution in [2.45, 2.75) is 18.4 Å². The lowest BCUT2D eigenvalue weighted by molar-refractivity contribution is 0.429. The molecule has 1 aliphatic heterocycles. The quantitative estimate of drug-likeness (QED) is 0.173. The number of rotatable bonds is 1. The van der Waals surface area contributed by atoms with Crippen LogP contribution in [0, 0.1) is 5.92 Å². The fraction of sp³-hybridized carbons (Fsp3) is 0.154. The first kappa shape index (κ1) is 18.6. The maximum atomic E-state index is 6.67. The van der Waals surface area contributed by atoms with Crippen molar-refractivity contribution in [3.63, 3.8) is 0 Å². The zero-order chi connectivity index (χ0) is 20.4. The van der Waals surface area contributed by atoms with Crippen LogP contribution >= 0.6 is 34.8 Å². The molecule has 4 heteroatoms. The molecule has 0 spiro atoms. The smallest absolute Gasteiger partial charge is 0.0656 e. The molecule has 1 heterocycles. The minimum Gasteiger partial charge on any atom is -0.376 e. The van der Waals surface area contributed by atoms with Gasteiger partial charge < -0.3 is 5.32 Å². The van der Waals surface area contributed by atoms with Crippen molar-refractivity contribution >= 4 is 62.0 Å². The summed E-state index contributed by atoms with van der Waals surface area (Å²) < 4.78 is 0. The van der Waals surface area contributed by atoms with Gasteiger partial charge in [0.2, 0.25) is 0 Å². The highest BCUT2D eigenvalue weighted by Crippen LogP contribution is 2.56. The molecule has 0 unspecified atom stereocenters. The predicted octanol–water partition coefficient (Wildman–Crippen LogP) is 8.78. The Kier molecular flexibility index (Phi) is 4.28. The third-order valence-corrected chi connectivity index (χ3v) is 7.71. The molecule has 6 rings (SSSR count). The van der Waals surface area contributed by atoms with E-state index < -0.39 is 0 Å². The lowest BCUT2D eigenvalue weighted by atomic mass is 9.75. The molecule has 0 saturated carbocycles. The molecular formula is C26H18Cl3N. The summed E-state index contributed by atoms with van der Waals surface area (Å²) >= 11 is 19.7. The molecule has 30 heavy (non-hydrogen) atoms. The number of hydrogen-bond donors (Lipinski definition) is 1. The van der Waals surface area contributed by atoms with Crippen molar-refractivity contribution in [2.24, 2.45) is 5.92 Å². The number of allylic oxidation sites excluding steroid dienone is 2. The molecule has 0 aromatic heterocycles. The molecule has 148 valence electrons. The van der Waals surface area contributed by atoms with Crippen molar-refractivity contribution in [1.82, 2.24) is 0 Å². The van der Waals surface area contributed by atoms with Crippen molar-refractivity contribution in [2.75, 3.05) is 5.32 Å². The van der Waals surface area contributed by atoms with E-state index in [2.05, 4.69) is 72.1 Å². The molecule has 0 saturated heterocycles. The molecule has 4 aromatic rings. The van der Waals surface area contributed by atoms with Crippen LogP contribution in [0.4, 0.5) is 5.69 Å². The van der Waals surface area contributed by atoms with E-state index in [4.69, 9.17) is 34.8 Å². The average Bonchev–Trinajstić information content (AvgIpc) is 3.25. The summed E-state index contributed by atoms with van der Waals surface area (Å²) in [6, 6.07) is 21.4. The van der Waals surface area contributed by atoms with E-state index in [0.29, 0.717) is 21.0 Å². The Hall–Kier alpha value is -2.19. The summed E-state index contributed by atoms with van der Waals surface area (Å²) in [5, 5.41) is 10.6. The van der Waals surface area contributed by atoms with Gasteiger partial charge in [-0.05, 0) is 51.6 Å². The summed E-state index contributed by atoms with van der Waals surface area (Å²) in [5.41, 5.74) is 3.25. The number of hydrogen-bond acceptors (Lipinski definition) is 1. The molecule has 1 nitrogen and oxygen atoms in total. The van der Waals surface area contributed by atoms with Crippen LogP contribution in [0.2, 0.25) is 15.1 Å². The van der Waals surface area contributed by atoms with Crippen LogP contribution in [-0.2, 0) is 0 Å². The molecule has 2 aliphatic rings. The van der Waals surface area contributed by atoms with Crippen LogP contribution in [0.3, 0.4) is 0 Å². The van der Waals surface area contributed by atoms with Crippen LogP contribution in [0.25, 0.3) is 21.5 Å².